The molecular weight excluding hydrogens is 276 g/mol. The van der Waals surface area contributed by atoms with Crippen molar-refractivity contribution in [2.45, 2.75) is 32.6 Å². The maximum absolute atomic E-state index is 12.0. The van der Waals surface area contributed by atoms with Crippen molar-refractivity contribution in [3.05, 3.63) is 59.7 Å². The molecule has 116 valence electrons. The third-order valence-electron chi connectivity index (χ3n) is 4.09. The van der Waals surface area contributed by atoms with E-state index in [1.165, 1.54) is 11.6 Å². The first kappa shape index (κ1) is 16.1. The Kier molecular flexibility index (Phi) is 4.86. The Hall–Kier alpha value is -2.29. The molecule has 0 unspecified atom stereocenters. The standard InChI is InChI=1S/C19H22O3/c1-4-19(2,3)14-9-11-15(12-10-14)22-13-18(21)16-7-5-6-8-17(16)20/h5-12,20H,4,13H2,1-3H3. The van der Waals surface area contributed by atoms with Crippen LogP contribution in [0.25, 0.3) is 0 Å². The molecule has 0 aromatic heterocycles. The molecule has 2 aromatic carbocycles. The number of aromatic hydroxyl groups is 1. The molecule has 22 heavy (non-hydrogen) atoms. The molecule has 0 spiro atoms. The zero-order chi connectivity index (χ0) is 16.2. The van der Waals surface area contributed by atoms with Crippen LogP contribution in [0.15, 0.2) is 48.5 Å². The van der Waals surface area contributed by atoms with E-state index in [0.717, 1.165) is 6.42 Å². The molecule has 0 amide bonds. The van der Waals surface area contributed by atoms with Gasteiger partial charge < -0.3 is 9.84 Å². The van der Waals surface area contributed by atoms with E-state index in [2.05, 4.69) is 20.8 Å². The number of para-hydroxylation sites is 1. The molecule has 3 heteroatoms. The Balaban J connectivity index is 2.01. The summed E-state index contributed by atoms with van der Waals surface area (Å²) in [5.41, 5.74) is 1.66. The van der Waals surface area contributed by atoms with E-state index < -0.39 is 0 Å². The van der Waals surface area contributed by atoms with Crippen LogP contribution < -0.4 is 4.74 Å². The fourth-order valence-corrected chi connectivity index (χ4v) is 2.14. The van der Waals surface area contributed by atoms with Gasteiger partial charge in [0.2, 0.25) is 5.78 Å². The molecule has 2 rings (SSSR count). The Morgan fingerprint density at radius 1 is 1.09 bits per heavy atom. The van der Waals surface area contributed by atoms with Crippen LogP contribution in [0.1, 0.15) is 43.1 Å². The molecule has 0 aliphatic heterocycles. The number of phenols is 1. The Morgan fingerprint density at radius 3 is 2.32 bits per heavy atom. The van der Waals surface area contributed by atoms with Crippen LogP contribution in [0.2, 0.25) is 0 Å². The lowest BCUT2D eigenvalue weighted by molar-refractivity contribution is 0.0919. The fourth-order valence-electron chi connectivity index (χ4n) is 2.14. The molecule has 0 aliphatic rings. The van der Waals surface area contributed by atoms with Gasteiger partial charge in [0.05, 0.1) is 5.56 Å². The lowest BCUT2D eigenvalue weighted by Gasteiger charge is -2.23. The summed E-state index contributed by atoms with van der Waals surface area (Å²) < 4.78 is 5.52. The van der Waals surface area contributed by atoms with Crippen LogP contribution in [-0.2, 0) is 5.41 Å². The lowest BCUT2D eigenvalue weighted by atomic mass is 9.82. The Morgan fingerprint density at radius 2 is 1.73 bits per heavy atom. The van der Waals surface area contributed by atoms with E-state index in [1.807, 2.05) is 24.3 Å². The first-order valence-corrected chi connectivity index (χ1v) is 7.48. The maximum Gasteiger partial charge on any atom is 0.203 e. The number of ether oxygens (including phenoxy) is 1. The molecule has 0 atom stereocenters. The van der Waals surface area contributed by atoms with Gasteiger partial charge in [0, 0.05) is 0 Å². The van der Waals surface area contributed by atoms with E-state index >= 15 is 0 Å². The van der Waals surface area contributed by atoms with Crippen molar-refractivity contribution in [1.82, 2.24) is 0 Å². The summed E-state index contributed by atoms with van der Waals surface area (Å²) in [4.78, 5) is 12.0. The highest BCUT2D eigenvalue weighted by atomic mass is 16.5. The zero-order valence-electron chi connectivity index (χ0n) is 13.3. The fraction of sp³-hybridized carbons (Fsp3) is 0.316. The molecule has 3 nitrogen and oxygen atoms in total. The van der Waals surface area contributed by atoms with E-state index in [0.29, 0.717) is 5.75 Å². The summed E-state index contributed by atoms with van der Waals surface area (Å²) >= 11 is 0. The van der Waals surface area contributed by atoms with Crippen molar-refractivity contribution in [3.63, 3.8) is 0 Å². The molecule has 0 saturated heterocycles. The first-order valence-electron chi connectivity index (χ1n) is 7.48. The highest BCUT2D eigenvalue weighted by Crippen LogP contribution is 2.28. The largest absolute Gasteiger partial charge is 0.507 e. The first-order chi connectivity index (χ1) is 10.4. The predicted molar refractivity (Wildman–Crippen MR) is 87.7 cm³/mol. The predicted octanol–water partition coefficient (Wildman–Crippen LogP) is 4.34. The number of phenolic OH excluding ortho intramolecular Hbond substituents is 1. The van der Waals surface area contributed by atoms with Crippen LogP contribution in [0, 0.1) is 0 Å². The monoisotopic (exact) mass is 298 g/mol. The van der Waals surface area contributed by atoms with Crippen LogP contribution in [0.5, 0.6) is 11.5 Å². The van der Waals surface area contributed by atoms with Gasteiger partial charge in [0.15, 0.2) is 6.61 Å². The van der Waals surface area contributed by atoms with Crippen molar-refractivity contribution in [3.8, 4) is 11.5 Å². The second-order valence-electron chi connectivity index (χ2n) is 5.99. The third kappa shape index (κ3) is 3.67. The minimum atomic E-state index is -0.240. The van der Waals surface area contributed by atoms with Crippen molar-refractivity contribution in [2.75, 3.05) is 6.61 Å². The van der Waals surface area contributed by atoms with Crippen molar-refractivity contribution in [1.29, 1.82) is 0 Å². The number of hydrogen-bond donors (Lipinski definition) is 1. The van der Waals surface area contributed by atoms with Crippen molar-refractivity contribution in [2.24, 2.45) is 0 Å². The highest BCUT2D eigenvalue weighted by molar-refractivity contribution is 5.99. The molecule has 0 aliphatic carbocycles. The van der Waals surface area contributed by atoms with Crippen LogP contribution in [0.3, 0.4) is 0 Å². The summed E-state index contributed by atoms with van der Waals surface area (Å²) in [6.07, 6.45) is 1.05. The van der Waals surface area contributed by atoms with Crippen LogP contribution >= 0.6 is 0 Å². The van der Waals surface area contributed by atoms with Gasteiger partial charge in [0.25, 0.3) is 0 Å². The number of rotatable bonds is 6. The average Bonchev–Trinajstić information content (AvgIpc) is 2.53. The summed E-state index contributed by atoms with van der Waals surface area (Å²) in [6, 6.07) is 14.3. The minimum absolute atomic E-state index is 0.0175. The molecule has 0 radical (unpaired) electrons. The van der Waals surface area contributed by atoms with E-state index in [9.17, 15) is 9.90 Å². The van der Waals surface area contributed by atoms with Gasteiger partial charge in [-0.1, -0.05) is 45.0 Å². The molecule has 0 heterocycles. The summed E-state index contributed by atoms with van der Waals surface area (Å²) in [6.45, 7) is 6.47. The highest BCUT2D eigenvalue weighted by Gasteiger charge is 2.17. The van der Waals surface area contributed by atoms with Gasteiger partial charge in [0.1, 0.15) is 11.5 Å². The number of hydrogen-bond acceptors (Lipinski definition) is 3. The van der Waals surface area contributed by atoms with Crippen molar-refractivity contribution < 1.29 is 14.6 Å². The summed E-state index contributed by atoms with van der Waals surface area (Å²) in [5, 5.41) is 9.65. The molecule has 0 fully saturated rings. The quantitative estimate of drug-likeness (QED) is 0.807. The average molecular weight is 298 g/mol. The molecule has 0 bridgehead atoms. The Labute approximate surface area is 131 Å². The second-order valence-corrected chi connectivity index (χ2v) is 5.99. The smallest absolute Gasteiger partial charge is 0.203 e. The number of carbonyl (C=O) groups is 1. The van der Waals surface area contributed by atoms with Gasteiger partial charge in [-0.25, -0.2) is 0 Å². The van der Waals surface area contributed by atoms with Gasteiger partial charge in [-0.05, 0) is 41.7 Å². The van der Waals surface area contributed by atoms with Gasteiger partial charge in [-0.3, -0.25) is 4.79 Å². The SMILES string of the molecule is CCC(C)(C)c1ccc(OCC(=O)c2ccccc2O)cc1. The molecule has 0 saturated carbocycles. The zero-order valence-corrected chi connectivity index (χ0v) is 13.3. The number of benzene rings is 2. The third-order valence-corrected chi connectivity index (χ3v) is 4.09. The van der Waals surface area contributed by atoms with Crippen molar-refractivity contribution >= 4 is 5.78 Å². The lowest BCUT2D eigenvalue weighted by Crippen LogP contribution is -2.15. The van der Waals surface area contributed by atoms with E-state index in [4.69, 9.17) is 4.74 Å². The van der Waals surface area contributed by atoms with Crippen LogP contribution in [0.4, 0.5) is 0 Å². The van der Waals surface area contributed by atoms with Crippen LogP contribution in [-0.4, -0.2) is 17.5 Å². The molecular formula is C19H22O3. The minimum Gasteiger partial charge on any atom is -0.507 e. The number of carbonyl (C=O) groups excluding carboxylic acids is 1. The number of Topliss-reactive ketones (excluding diaryl/α,β-unsaturated/α-hetero) is 1. The van der Waals surface area contributed by atoms with E-state index in [1.54, 1.807) is 18.2 Å². The van der Waals surface area contributed by atoms with Gasteiger partial charge in [-0.2, -0.15) is 0 Å². The second kappa shape index (κ2) is 6.65. The summed E-state index contributed by atoms with van der Waals surface area (Å²) in [7, 11) is 0. The normalized spacial score (nSPS) is 11.2. The maximum atomic E-state index is 12.0. The summed E-state index contributed by atoms with van der Waals surface area (Å²) in [5.74, 6) is 0.395. The number of ketones is 1. The van der Waals surface area contributed by atoms with Gasteiger partial charge >= 0.3 is 0 Å². The Bertz CT molecular complexity index is 642. The molecule has 2 aromatic rings. The van der Waals surface area contributed by atoms with E-state index in [-0.39, 0.29) is 29.1 Å². The topological polar surface area (TPSA) is 46.5 Å². The van der Waals surface area contributed by atoms with Gasteiger partial charge in [-0.15, -0.1) is 0 Å². The molecule has 1 N–H and O–H groups in total.